The number of hydrogen-bond acceptors (Lipinski definition) is 4. The first-order chi connectivity index (χ1) is 15.9. The van der Waals surface area contributed by atoms with Crippen molar-refractivity contribution in [2.24, 2.45) is 0 Å². The quantitative estimate of drug-likeness (QED) is 0.499. The zero-order valence-electron chi connectivity index (χ0n) is 19.9. The third kappa shape index (κ3) is 6.38. The molecule has 0 saturated heterocycles. The van der Waals surface area contributed by atoms with Crippen molar-refractivity contribution in [2.75, 3.05) is 32.8 Å². The summed E-state index contributed by atoms with van der Waals surface area (Å²) >= 11 is 1.72. The van der Waals surface area contributed by atoms with E-state index in [2.05, 4.69) is 49.3 Å². The minimum atomic E-state index is -0.239. The van der Waals surface area contributed by atoms with Crippen LogP contribution in [0.15, 0.2) is 48.4 Å². The maximum atomic E-state index is 13.4. The molecule has 178 valence electrons. The summed E-state index contributed by atoms with van der Waals surface area (Å²) < 4.78 is 6.14. The largest absolute Gasteiger partial charge is 0.491 e. The number of hydrogen-bond donors (Lipinski definition) is 1. The van der Waals surface area contributed by atoms with Gasteiger partial charge in [0.25, 0.3) is 0 Å². The van der Waals surface area contributed by atoms with E-state index in [-0.39, 0.29) is 24.5 Å². The maximum absolute atomic E-state index is 13.4. The lowest BCUT2D eigenvalue weighted by molar-refractivity contribution is -0.135. The van der Waals surface area contributed by atoms with Crippen LogP contribution >= 0.6 is 11.3 Å². The molecule has 0 unspecified atom stereocenters. The van der Waals surface area contributed by atoms with E-state index >= 15 is 0 Å². The molecule has 2 aromatic rings. The summed E-state index contributed by atoms with van der Waals surface area (Å²) in [4.78, 5) is 30.5. The first-order valence-corrected chi connectivity index (χ1v) is 12.5. The van der Waals surface area contributed by atoms with E-state index in [0.717, 1.165) is 24.2 Å². The highest BCUT2D eigenvalue weighted by atomic mass is 32.1. The van der Waals surface area contributed by atoms with E-state index < -0.39 is 0 Å². The fourth-order valence-electron chi connectivity index (χ4n) is 3.97. The predicted molar refractivity (Wildman–Crippen MR) is 134 cm³/mol. The Labute approximate surface area is 201 Å². The molecule has 1 atom stereocenters. The molecule has 0 radical (unpaired) electrons. The number of benzene rings is 1. The zero-order valence-corrected chi connectivity index (χ0v) is 20.7. The van der Waals surface area contributed by atoms with Crippen LogP contribution in [0, 0.1) is 0 Å². The van der Waals surface area contributed by atoms with Gasteiger partial charge in [-0.15, -0.1) is 17.9 Å². The zero-order chi connectivity index (χ0) is 23.8. The number of nitrogens with one attached hydrogen (secondary N) is 1. The Bertz CT molecular complexity index is 939. The fourth-order valence-corrected chi connectivity index (χ4v) is 4.90. The summed E-state index contributed by atoms with van der Waals surface area (Å²) in [5.41, 5.74) is 2.41. The number of amides is 3. The van der Waals surface area contributed by atoms with Crippen molar-refractivity contribution in [1.82, 2.24) is 15.1 Å². The number of carbonyl (C=O) groups is 2. The molecule has 2 heterocycles. The molecule has 1 aromatic heterocycles. The average molecular weight is 470 g/mol. The Kier molecular flexibility index (Phi) is 8.95. The SMILES string of the molecule is C=CCN(CC(=O)N1CCc2sccc2[C@@H]1COc1ccc(C(C)C)cc1)C(=O)NCCC. The molecule has 0 spiro atoms. The van der Waals surface area contributed by atoms with Gasteiger partial charge in [-0.2, -0.15) is 0 Å². The number of nitrogens with zero attached hydrogens (tertiary/aromatic N) is 2. The monoisotopic (exact) mass is 469 g/mol. The smallest absolute Gasteiger partial charge is 0.318 e. The van der Waals surface area contributed by atoms with Crippen molar-refractivity contribution in [3.8, 4) is 5.75 Å². The fraction of sp³-hybridized carbons (Fsp3) is 0.462. The Hall–Kier alpha value is -2.80. The molecular formula is C26H35N3O3S. The molecule has 0 bridgehead atoms. The molecule has 1 aliphatic rings. The van der Waals surface area contributed by atoms with E-state index in [0.29, 0.717) is 32.2 Å². The maximum Gasteiger partial charge on any atom is 0.318 e. The molecule has 1 aromatic carbocycles. The first kappa shape index (κ1) is 24.8. The Balaban J connectivity index is 1.72. The highest BCUT2D eigenvalue weighted by Gasteiger charge is 2.33. The van der Waals surface area contributed by atoms with E-state index in [4.69, 9.17) is 4.74 Å². The molecule has 1 aliphatic heterocycles. The van der Waals surface area contributed by atoms with Crippen LogP contribution in [0.25, 0.3) is 0 Å². The Morgan fingerprint density at radius 1 is 1.30 bits per heavy atom. The van der Waals surface area contributed by atoms with E-state index in [1.165, 1.54) is 15.3 Å². The summed E-state index contributed by atoms with van der Waals surface area (Å²) in [6, 6.07) is 9.82. The lowest BCUT2D eigenvalue weighted by Gasteiger charge is -2.37. The normalized spacial score (nSPS) is 15.2. The van der Waals surface area contributed by atoms with Crippen LogP contribution in [-0.2, 0) is 11.2 Å². The van der Waals surface area contributed by atoms with Crippen molar-refractivity contribution in [2.45, 2.75) is 45.6 Å². The molecule has 6 nitrogen and oxygen atoms in total. The summed E-state index contributed by atoms with van der Waals surface area (Å²) in [5.74, 6) is 1.18. The molecule has 0 fully saturated rings. The van der Waals surface area contributed by atoms with Crippen LogP contribution in [0.5, 0.6) is 5.75 Å². The molecule has 1 N–H and O–H groups in total. The molecule has 3 amide bonds. The summed E-state index contributed by atoms with van der Waals surface area (Å²) in [6.45, 7) is 12.0. The van der Waals surface area contributed by atoms with Crippen molar-refractivity contribution in [3.63, 3.8) is 0 Å². The third-order valence-electron chi connectivity index (χ3n) is 5.86. The second-order valence-corrected chi connectivity index (χ2v) is 9.59. The van der Waals surface area contributed by atoms with Crippen LogP contribution in [0.3, 0.4) is 0 Å². The van der Waals surface area contributed by atoms with Crippen molar-refractivity contribution in [3.05, 3.63) is 64.4 Å². The van der Waals surface area contributed by atoms with E-state index in [9.17, 15) is 9.59 Å². The topological polar surface area (TPSA) is 61.9 Å². The van der Waals surface area contributed by atoms with Gasteiger partial charge in [0.1, 0.15) is 18.9 Å². The molecular weight excluding hydrogens is 434 g/mol. The van der Waals surface area contributed by atoms with Gasteiger partial charge in [-0.3, -0.25) is 4.79 Å². The minimum Gasteiger partial charge on any atom is -0.491 e. The van der Waals surface area contributed by atoms with Crippen molar-refractivity contribution in [1.29, 1.82) is 0 Å². The first-order valence-electron chi connectivity index (χ1n) is 11.7. The van der Waals surface area contributed by atoms with Crippen molar-refractivity contribution >= 4 is 23.3 Å². The van der Waals surface area contributed by atoms with Gasteiger partial charge in [0, 0.05) is 24.5 Å². The molecule has 33 heavy (non-hydrogen) atoms. The number of rotatable bonds is 10. The van der Waals surface area contributed by atoms with Crippen LogP contribution in [-0.4, -0.2) is 54.5 Å². The number of ether oxygens (including phenoxy) is 1. The van der Waals surface area contributed by atoms with Crippen LogP contribution in [0.1, 0.15) is 55.2 Å². The third-order valence-corrected chi connectivity index (χ3v) is 6.86. The van der Waals surface area contributed by atoms with E-state index in [1.807, 2.05) is 24.0 Å². The van der Waals surface area contributed by atoms with Gasteiger partial charge in [-0.1, -0.05) is 39.0 Å². The van der Waals surface area contributed by atoms with Gasteiger partial charge in [0.2, 0.25) is 5.91 Å². The van der Waals surface area contributed by atoms with Crippen LogP contribution in [0.4, 0.5) is 4.79 Å². The number of fused-ring (bicyclic) bond motifs is 1. The summed E-state index contributed by atoms with van der Waals surface area (Å²) in [7, 11) is 0. The van der Waals surface area contributed by atoms with Gasteiger partial charge in [-0.25, -0.2) is 4.79 Å². The van der Waals surface area contributed by atoms with Gasteiger partial charge in [-0.05, 0) is 53.5 Å². The number of thiophene rings is 1. The van der Waals surface area contributed by atoms with Gasteiger partial charge >= 0.3 is 6.03 Å². The standard InChI is InChI=1S/C26H35N3O3S/c1-5-13-27-26(31)28(14-6-2)17-25(30)29-15-11-24-22(12-16-33-24)23(29)18-32-21-9-7-20(8-10-21)19(3)4/h6-10,12,16,19,23H,2,5,11,13-15,17-18H2,1,3-4H3,(H,27,31)/t23-/m0/s1. The second-order valence-electron chi connectivity index (χ2n) is 8.59. The lowest BCUT2D eigenvalue weighted by atomic mass is 10.00. The van der Waals surface area contributed by atoms with Gasteiger partial charge in [0.15, 0.2) is 0 Å². The highest BCUT2D eigenvalue weighted by Crippen LogP contribution is 2.34. The van der Waals surface area contributed by atoms with Gasteiger partial charge < -0.3 is 19.9 Å². The Morgan fingerprint density at radius 3 is 2.73 bits per heavy atom. The number of carbonyl (C=O) groups excluding carboxylic acids is 2. The number of urea groups is 1. The molecule has 0 saturated carbocycles. The highest BCUT2D eigenvalue weighted by molar-refractivity contribution is 7.10. The Morgan fingerprint density at radius 2 is 2.06 bits per heavy atom. The van der Waals surface area contributed by atoms with Crippen LogP contribution in [0.2, 0.25) is 0 Å². The summed E-state index contributed by atoms with van der Waals surface area (Å²) in [6.07, 6.45) is 3.31. The molecule has 0 aliphatic carbocycles. The van der Waals surface area contributed by atoms with E-state index in [1.54, 1.807) is 17.4 Å². The molecule has 3 rings (SSSR count). The minimum absolute atomic E-state index is 0.0145. The van der Waals surface area contributed by atoms with Crippen LogP contribution < -0.4 is 10.1 Å². The molecule has 7 heteroatoms. The average Bonchev–Trinajstić information content (AvgIpc) is 3.30. The summed E-state index contributed by atoms with van der Waals surface area (Å²) in [5, 5.41) is 4.93. The second kappa shape index (κ2) is 11.9. The predicted octanol–water partition coefficient (Wildman–Crippen LogP) is 4.98. The lowest BCUT2D eigenvalue weighted by Crippen LogP contribution is -2.50. The van der Waals surface area contributed by atoms with Gasteiger partial charge in [0.05, 0.1) is 6.04 Å². The van der Waals surface area contributed by atoms with Crippen molar-refractivity contribution < 1.29 is 14.3 Å².